The number of nitro benzene ring substituents is 1. The van der Waals surface area contributed by atoms with Crippen LogP contribution in [0.15, 0.2) is 47.4 Å². The molecule has 140 valence electrons. The van der Waals surface area contributed by atoms with Crippen LogP contribution in [0.5, 0.6) is 5.75 Å². The highest BCUT2D eigenvalue weighted by molar-refractivity contribution is 9.09. The first-order valence-corrected chi connectivity index (χ1v) is 11.0. The normalized spacial score (nSPS) is 11.2. The SMILES string of the molecule is CSc1cc(N)c([N+](=O)[O-])cc1N(CCBr)S(=O)(=O)Oc1ccccc1. The van der Waals surface area contributed by atoms with Crippen LogP contribution in [0.4, 0.5) is 17.1 Å². The predicted octanol–water partition coefficient (Wildman–Crippen LogP) is 3.42. The first kappa shape index (κ1) is 20.3. The van der Waals surface area contributed by atoms with Gasteiger partial charge < -0.3 is 9.92 Å². The van der Waals surface area contributed by atoms with Gasteiger partial charge >= 0.3 is 10.3 Å². The van der Waals surface area contributed by atoms with Crippen LogP contribution in [0, 0.1) is 10.1 Å². The van der Waals surface area contributed by atoms with Crippen LogP contribution < -0.4 is 14.2 Å². The number of nitro groups is 1. The highest BCUT2D eigenvalue weighted by Crippen LogP contribution is 2.38. The summed E-state index contributed by atoms with van der Waals surface area (Å²) in [6, 6.07) is 10.6. The third-order valence-electron chi connectivity index (χ3n) is 3.30. The summed E-state index contributed by atoms with van der Waals surface area (Å²) < 4.78 is 31.7. The van der Waals surface area contributed by atoms with E-state index in [9.17, 15) is 18.5 Å². The van der Waals surface area contributed by atoms with Crippen LogP contribution in [-0.4, -0.2) is 31.5 Å². The summed E-state index contributed by atoms with van der Waals surface area (Å²) in [7, 11) is -4.25. The largest absolute Gasteiger partial charge is 0.410 e. The molecule has 0 spiro atoms. The minimum Gasteiger partial charge on any atom is -0.393 e. The number of nitrogen functional groups attached to an aromatic ring is 1. The number of anilines is 2. The number of nitrogens with two attached hydrogens (primary N) is 1. The molecule has 26 heavy (non-hydrogen) atoms. The van der Waals surface area contributed by atoms with Gasteiger partial charge in [-0.25, -0.2) is 4.31 Å². The van der Waals surface area contributed by atoms with E-state index < -0.39 is 15.2 Å². The van der Waals surface area contributed by atoms with Crippen molar-refractivity contribution < 1.29 is 17.5 Å². The lowest BCUT2D eigenvalue weighted by Gasteiger charge is -2.25. The van der Waals surface area contributed by atoms with E-state index in [0.29, 0.717) is 10.2 Å². The van der Waals surface area contributed by atoms with E-state index in [1.165, 1.54) is 30.0 Å². The van der Waals surface area contributed by atoms with E-state index in [-0.39, 0.29) is 29.4 Å². The fourth-order valence-corrected chi connectivity index (χ4v) is 4.58. The van der Waals surface area contributed by atoms with Gasteiger partial charge in [0.25, 0.3) is 5.69 Å². The number of nitrogens with zero attached hydrogens (tertiary/aromatic N) is 2. The Balaban J connectivity index is 2.55. The number of hydrogen-bond acceptors (Lipinski definition) is 7. The van der Waals surface area contributed by atoms with Crippen molar-refractivity contribution in [1.29, 1.82) is 0 Å². The molecule has 2 aromatic rings. The highest BCUT2D eigenvalue weighted by atomic mass is 79.9. The molecule has 0 fully saturated rings. The molecule has 2 rings (SSSR count). The van der Waals surface area contributed by atoms with E-state index in [0.717, 1.165) is 10.4 Å². The molecule has 0 aliphatic carbocycles. The van der Waals surface area contributed by atoms with Crippen molar-refractivity contribution in [1.82, 2.24) is 0 Å². The van der Waals surface area contributed by atoms with Crippen molar-refractivity contribution in [2.45, 2.75) is 4.90 Å². The number of halogens is 1. The lowest BCUT2D eigenvalue weighted by atomic mass is 10.2. The van der Waals surface area contributed by atoms with Crippen LogP contribution in [0.2, 0.25) is 0 Å². The van der Waals surface area contributed by atoms with E-state index >= 15 is 0 Å². The zero-order valence-corrected chi connectivity index (χ0v) is 16.9. The number of rotatable bonds is 8. The Labute approximate surface area is 163 Å². The molecule has 0 saturated heterocycles. The molecule has 0 unspecified atom stereocenters. The fourth-order valence-electron chi connectivity index (χ4n) is 2.16. The number of thioether (sulfide) groups is 1. The first-order valence-electron chi connectivity index (χ1n) is 7.25. The number of benzene rings is 2. The molecule has 0 amide bonds. The molecule has 0 saturated carbocycles. The average molecular weight is 462 g/mol. The van der Waals surface area contributed by atoms with Gasteiger partial charge in [-0.15, -0.1) is 11.8 Å². The van der Waals surface area contributed by atoms with Crippen molar-refractivity contribution >= 4 is 55.1 Å². The van der Waals surface area contributed by atoms with Crippen LogP contribution >= 0.6 is 27.7 Å². The Kier molecular flexibility index (Phi) is 6.73. The second kappa shape index (κ2) is 8.60. The van der Waals surface area contributed by atoms with Crippen LogP contribution in [-0.2, 0) is 10.3 Å². The van der Waals surface area contributed by atoms with Crippen molar-refractivity contribution in [3.05, 3.63) is 52.6 Å². The van der Waals surface area contributed by atoms with Gasteiger partial charge in [-0.3, -0.25) is 10.1 Å². The van der Waals surface area contributed by atoms with Crippen molar-refractivity contribution in [3.8, 4) is 5.75 Å². The molecular weight excluding hydrogens is 446 g/mol. The molecule has 0 radical (unpaired) electrons. The average Bonchev–Trinajstić information content (AvgIpc) is 2.59. The molecule has 0 aromatic heterocycles. The summed E-state index contributed by atoms with van der Waals surface area (Å²) in [5.74, 6) is 0.141. The Hall–Kier alpha value is -1.98. The molecule has 2 N–H and O–H groups in total. The predicted molar refractivity (Wildman–Crippen MR) is 106 cm³/mol. The van der Waals surface area contributed by atoms with Crippen LogP contribution in [0.3, 0.4) is 0 Å². The van der Waals surface area contributed by atoms with Crippen molar-refractivity contribution in [3.63, 3.8) is 0 Å². The van der Waals surface area contributed by atoms with Crippen LogP contribution in [0.1, 0.15) is 0 Å². The molecule has 0 bridgehead atoms. The summed E-state index contributed by atoms with van der Waals surface area (Å²) in [4.78, 5) is 11.0. The zero-order chi connectivity index (χ0) is 19.3. The molecule has 2 aromatic carbocycles. The van der Waals surface area contributed by atoms with Crippen molar-refractivity contribution in [2.24, 2.45) is 0 Å². The van der Waals surface area contributed by atoms with Gasteiger partial charge in [-0.1, -0.05) is 34.1 Å². The Morgan fingerprint density at radius 1 is 1.31 bits per heavy atom. The van der Waals surface area contributed by atoms with Gasteiger partial charge in [-0.05, 0) is 24.5 Å². The smallest absolute Gasteiger partial charge is 0.393 e. The topological polar surface area (TPSA) is 116 Å². The van der Waals surface area contributed by atoms with Gasteiger partial charge in [0.1, 0.15) is 11.4 Å². The monoisotopic (exact) mass is 461 g/mol. The van der Waals surface area contributed by atoms with E-state index in [1.54, 1.807) is 24.5 Å². The summed E-state index contributed by atoms with van der Waals surface area (Å²) in [6.07, 6.45) is 1.72. The van der Waals surface area contributed by atoms with Crippen molar-refractivity contribution in [2.75, 3.05) is 28.2 Å². The van der Waals surface area contributed by atoms with Gasteiger partial charge in [-0.2, -0.15) is 8.42 Å². The lowest BCUT2D eigenvalue weighted by Crippen LogP contribution is -2.36. The maximum Gasteiger partial charge on any atom is 0.410 e. The van der Waals surface area contributed by atoms with E-state index in [4.69, 9.17) is 9.92 Å². The molecular formula is C15H16BrN3O5S2. The summed E-state index contributed by atoms with van der Waals surface area (Å²) in [6.45, 7) is 0.0177. The van der Waals surface area contributed by atoms with Crippen LogP contribution in [0.25, 0.3) is 0 Å². The Morgan fingerprint density at radius 2 is 1.96 bits per heavy atom. The third-order valence-corrected chi connectivity index (χ3v) is 5.74. The summed E-state index contributed by atoms with van der Waals surface area (Å²) in [5.41, 5.74) is 5.44. The third kappa shape index (κ3) is 4.59. The molecule has 11 heteroatoms. The number of para-hydroxylation sites is 1. The van der Waals surface area contributed by atoms with Gasteiger partial charge in [0.2, 0.25) is 0 Å². The summed E-state index contributed by atoms with van der Waals surface area (Å²) >= 11 is 4.43. The Morgan fingerprint density at radius 3 is 2.50 bits per heavy atom. The Bertz CT molecular complexity index is 894. The first-order chi connectivity index (χ1) is 12.3. The minimum absolute atomic E-state index is 0.0177. The quantitative estimate of drug-likeness (QED) is 0.210. The zero-order valence-electron chi connectivity index (χ0n) is 13.7. The number of alkyl halides is 1. The summed E-state index contributed by atoms with van der Waals surface area (Å²) in [5, 5.41) is 11.5. The number of hydrogen-bond donors (Lipinski definition) is 1. The standard InChI is InChI=1S/C15H16BrN3O5S2/c1-25-15-9-12(17)13(19(20)21)10-14(15)18(8-7-16)26(22,23)24-11-5-3-2-4-6-11/h2-6,9-10H,7-8,17H2,1H3. The molecule has 0 heterocycles. The second-order valence-electron chi connectivity index (χ2n) is 4.96. The van der Waals surface area contributed by atoms with Gasteiger partial charge in [0.05, 0.1) is 10.6 Å². The van der Waals surface area contributed by atoms with E-state index in [2.05, 4.69) is 15.9 Å². The highest BCUT2D eigenvalue weighted by Gasteiger charge is 2.29. The maximum absolute atomic E-state index is 12.8. The molecule has 0 aliphatic heterocycles. The molecule has 0 atom stereocenters. The van der Waals surface area contributed by atoms with Gasteiger partial charge in [0, 0.05) is 22.8 Å². The van der Waals surface area contributed by atoms with Gasteiger partial charge in [0.15, 0.2) is 0 Å². The molecule has 0 aliphatic rings. The lowest BCUT2D eigenvalue weighted by molar-refractivity contribution is -0.383. The minimum atomic E-state index is -4.25. The molecule has 8 nitrogen and oxygen atoms in total. The van der Waals surface area contributed by atoms with E-state index in [1.807, 2.05) is 0 Å². The second-order valence-corrected chi connectivity index (χ2v) is 8.06. The fraction of sp³-hybridized carbons (Fsp3) is 0.200. The maximum atomic E-state index is 12.8.